The SMILES string of the molecule is C/C=C/c1cccc2c1C(N)=NC(=S)C2. The van der Waals surface area contributed by atoms with Gasteiger partial charge in [-0.15, -0.1) is 0 Å². The Bertz CT molecular complexity index is 473. The maximum atomic E-state index is 5.90. The number of nitrogens with zero attached hydrogens (tertiary/aromatic N) is 1. The molecule has 1 aromatic carbocycles. The van der Waals surface area contributed by atoms with Crippen LogP contribution in [0.4, 0.5) is 0 Å². The van der Waals surface area contributed by atoms with Crippen LogP contribution in [0.15, 0.2) is 29.3 Å². The van der Waals surface area contributed by atoms with Gasteiger partial charge >= 0.3 is 0 Å². The largest absolute Gasteiger partial charge is 0.383 e. The Morgan fingerprint density at radius 2 is 2.27 bits per heavy atom. The Labute approximate surface area is 94.5 Å². The average molecular weight is 216 g/mol. The van der Waals surface area contributed by atoms with Gasteiger partial charge < -0.3 is 5.73 Å². The van der Waals surface area contributed by atoms with E-state index in [9.17, 15) is 0 Å². The quantitative estimate of drug-likeness (QED) is 0.732. The van der Waals surface area contributed by atoms with E-state index in [0.29, 0.717) is 10.8 Å². The lowest BCUT2D eigenvalue weighted by Gasteiger charge is -2.16. The Morgan fingerprint density at radius 1 is 1.47 bits per heavy atom. The van der Waals surface area contributed by atoms with Gasteiger partial charge in [0.1, 0.15) is 10.8 Å². The summed E-state index contributed by atoms with van der Waals surface area (Å²) in [5.41, 5.74) is 9.21. The van der Waals surface area contributed by atoms with Gasteiger partial charge in [0.2, 0.25) is 0 Å². The zero-order valence-electron chi connectivity index (χ0n) is 8.53. The van der Waals surface area contributed by atoms with Crippen LogP contribution in [0.2, 0.25) is 0 Å². The number of thiocarbonyl (C=S) groups is 1. The lowest BCUT2D eigenvalue weighted by Crippen LogP contribution is -2.24. The molecule has 15 heavy (non-hydrogen) atoms. The van der Waals surface area contributed by atoms with E-state index in [1.54, 1.807) is 0 Å². The normalized spacial score (nSPS) is 15.3. The molecular weight excluding hydrogens is 204 g/mol. The highest BCUT2D eigenvalue weighted by atomic mass is 32.1. The van der Waals surface area contributed by atoms with Gasteiger partial charge in [0, 0.05) is 12.0 Å². The summed E-state index contributed by atoms with van der Waals surface area (Å²) in [6, 6.07) is 6.11. The van der Waals surface area contributed by atoms with Crippen molar-refractivity contribution in [2.75, 3.05) is 0 Å². The summed E-state index contributed by atoms with van der Waals surface area (Å²) in [5, 5.41) is 0. The van der Waals surface area contributed by atoms with Crippen molar-refractivity contribution < 1.29 is 0 Å². The lowest BCUT2D eigenvalue weighted by molar-refractivity contribution is 1.26. The molecule has 0 bridgehead atoms. The molecule has 2 nitrogen and oxygen atoms in total. The van der Waals surface area contributed by atoms with Crippen LogP contribution in [0.25, 0.3) is 6.08 Å². The Hall–Kier alpha value is -1.48. The van der Waals surface area contributed by atoms with E-state index in [0.717, 1.165) is 17.5 Å². The van der Waals surface area contributed by atoms with Crippen LogP contribution in [-0.2, 0) is 6.42 Å². The maximum absolute atomic E-state index is 5.90. The summed E-state index contributed by atoms with van der Waals surface area (Å²) in [5.74, 6) is 0.537. The third-order valence-corrected chi connectivity index (χ3v) is 2.61. The first-order valence-corrected chi connectivity index (χ1v) is 5.25. The van der Waals surface area contributed by atoms with E-state index in [1.165, 1.54) is 5.56 Å². The molecule has 0 atom stereocenters. The van der Waals surface area contributed by atoms with Gasteiger partial charge in [-0.2, -0.15) is 0 Å². The fourth-order valence-corrected chi connectivity index (χ4v) is 2.04. The fourth-order valence-electron chi connectivity index (χ4n) is 1.79. The maximum Gasteiger partial charge on any atom is 0.132 e. The number of amidine groups is 1. The molecule has 0 fully saturated rings. The molecule has 0 unspecified atom stereocenters. The van der Waals surface area contributed by atoms with E-state index in [2.05, 4.69) is 11.1 Å². The highest BCUT2D eigenvalue weighted by Gasteiger charge is 2.16. The van der Waals surface area contributed by atoms with Crippen LogP contribution < -0.4 is 5.73 Å². The van der Waals surface area contributed by atoms with Gasteiger partial charge in [-0.05, 0) is 18.1 Å². The number of nitrogens with two attached hydrogens (primary N) is 1. The molecule has 0 amide bonds. The topological polar surface area (TPSA) is 38.4 Å². The predicted octanol–water partition coefficient (Wildman–Crippen LogP) is 2.31. The molecule has 1 aliphatic heterocycles. The molecule has 0 saturated carbocycles. The molecule has 0 aromatic heterocycles. The van der Waals surface area contributed by atoms with Gasteiger partial charge in [0.15, 0.2) is 0 Å². The average Bonchev–Trinajstić information content (AvgIpc) is 2.17. The minimum absolute atomic E-state index is 0.537. The van der Waals surface area contributed by atoms with E-state index < -0.39 is 0 Å². The number of fused-ring (bicyclic) bond motifs is 1. The molecule has 1 aliphatic rings. The van der Waals surface area contributed by atoms with Crippen LogP contribution >= 0.6 is 12.2 Å². The summed E-state index contributed by atoms with van der Waals surface area (Å²) in [4.78, 5) is 4.82. The highest BCUT2D eigenvalue weighted by Crippen LogP contribution is 2.21. The van der Waals surface area contributed by atoms with Crippen molar-refractivity contribution in [1.29, 1.82) is 0 Å². The summed E-state index contributed by atoms with van der Waals surface area (Å²) >= 11 is 5.08. The van der Waals surface area contributed by atoms with E-state index in [-0.39, 0.29) is 0 Å². The molecule has 0 spiro atoms. The van der Waals surface area contributed by atoms with Crippen molar-refractivity contribution in [3.8, 4) is 0 Å². The van der Waals surface area contributed by atoms with Gasteiger partial charge in [0.05, 0.1) is 0 Å². The van der Waals surface area contributed by atoms with Crippen LogP contribution in [0, 0.1) is 0 Å². The van der Waals surface area contributed by atoms with Gasteiger partial charge in [-0.25, -0.2) is 4.99 Å². The van der Waals surface area contributed by atoms with E-state index >= 15 is 0 Å². The third kappa shape index (κ3) is 1.83. The first-order valence-electron chi connectivity index (χ1n) is 4.84. The Kier molecular flexibility index (Phi) is 2.64. The molecule has 76 valence electrons. The monoisotopic (exact) mass is 216 g/mol. The first kappa shape index (κ1) is 10.1. The fraction of sp³-hybridized carbons (Fsp3) is 0.167. The van der Waals surface area contributed by atoms with Crippen LogP contribution in [0.3, 0.4) is 0 Å². The zero-order chi connectivity index (χ0) is 10.8. The highest BCUT2D eigenvalue weighted by molar-refractivity contribution is 7.80. The Balaban J connectivity index is 2.63. The van der Waals surface area contributed by atoms with E-state index in [4.69, 9.17) is 18.0 Å². The minimum Gasteiger partial charge on any atom is -0.383 e. The number of allylic oxidation sites excluding steroid dienone is 1. The van der Waals surface area contributed by atoms with Crippen molar-refractivity contribution in [2.45, 2.75) is 13.3 Å². The minimum atomic E-state index is 0.537. The number of hydrogen-bond donors (Lipinski definition) is 1. The number of hydrogen-bond acceptors (Lipinski definition) is 2. The van der Waals surface area contributed by atoms with Gasteiger partial charge in [0.25, 0.3) is 0 Å². The van der Waals surface area contributed by atoms with Crippen molar-refractivity contribution in [1.82, 2.24) is 0 Å². The molecule has 0 radical (unpaired) electrons. The molecule has 0 saturated heterocycles. The van der Waals surface area contributed by atoms with Crippen molar-refractivity contribution in [3.63, 3.8) is 0 Å². The molecule has 1 heterocycles. The summed E-state index contributed by atoms with van der Waals surface area (Å²) in [7, 11) is 0. The molecule has 3 heteroatoms. The Morgan fingerprint density at radius 3 is 3.00 bits per heavy atom. The van der Waals surface area contributed by atoms with Crippen molar-refractivity contribution in [2.24, 2.45) is 10.7 Å². The molecule has 0 aliphatic carbocycles. The molecule has 1 aromatic rings. The first-order chi connectivity index (χ1) is 7.22. The lowest BCUT2D eigenvalue weighted by atomic mass is 9.95. The molecular formula is C12H12N2S. The molecule has 2 N–H and O–H groups in total. The van der Waals surface area contributed by atoms with Crippen LogP contribution in [0.5, 0.6) is 0 Å². The van der Waals surface area contributed by atoms with Crippen LogP contribution in [-0.4, -0.2) is 10.8 Å². The predicted molar refractivity (Wildman–Crippen MR) is 68.2 cm³/mol. The summed E-state index contributed by atoms with van der Waals surface area (Å²) in [6.07, 6.45) is 4.75. The van der Waals surface area contributed by atoms with Crippen molar-refractivity contribution >= 4 is 29.1 Å². The van der Waals surface area contributed by atoms with Crippen LogP contribution in [0.1, 0.15) is 23.6 Å². The second-order valence-corrected chi connectivity index (χ2v) is 3.92. The molecule has 2 rings (SSSR count). The number of aliphatic imine (C=N–C) groups is 1. The summed E-state index contributed by atoms with van der Waals surface area (Å²) in [6.45, 7) is 1.99. The van der Waals surface area contributed by atoms with Gasteiger partial charge in [-0.1, -0.05) is 42.6 Å². The number of benzene rings is 1. The van der Waals surface area contributed by atoms with Gasteiger partial charge in [-0.3, -0.25) is 0 Å². The zero-order valence-corrected chi connectivity index (χ0v) is 9.34. The second kappa shape index (κ2) is 3.95. The second-order valence-electron chi connectivity index (χ2n) is 3.45. The van der Waals surface area contributed by atoms with E-state index in [1.807, 2.05) is 31.2 Å². The standard InChI is InChI=1S/C12H12N2S/c1-2-4-8-5-3-6-9-7-10(15)14-12(13)11(8)9/h2-6H,7H2,1H3,(H2,13,14,15)/b4-2+. The smallest absolute Gasteiger partial charge is 0.132 e. The number of rotatable bonds is 1. The van der Waals surface area contributed by atoms with Crippen molar-refractivity contribution in [3.05, 3.63) is 41.0 Å². The summed E-state index contributed by atoms with van der Waals surface area (Å²) < 4.78 is 0. The third-order valence-electron chi connectivity index (χ3n) is 2.37.